The Morgan fingerprint density at radius 2 is 1.50 bits per heavy atom. The average molecular weight is 673 g/mol. The number of hydrogen-bond donors (Lipinski definition) is 2. The Bertz CT molecular complexity index is 1910. The van der Waals surface area contributed by atoms with Crippen LogP contribution in [0, 0.1) is 0 Å². The molecule has 9 nitrogen and oxygen atoms in total. The Balaban J connectivity index is 1.39. The summed E-state index contributed by atoms with van der Waals surface area (Å²) >= 11 is 0. The number of nitrogens with one attached hydrogen (secondary N) is 2. The van der Waals surface area contributed by atoms with E-state index >= 15 is 0 Å². The topological polar surface area (TPSA) is 121 Å². The van der Waals surface area contributed by atoms with Crippen molar-refractivity contribution in [2.24, 2.45) is 5.10 Å². The van der Waals surface area contributed by atoms with Gasteiger partial charge in [0.05, 0.1) is 11.1 Å². The van der Waals surface area contributed by atoms with Gasteiger partial charge in [-0.25, -0.2) is 9.63 Å². The lowest BCUT2D eigenvalue weighted by molar-refractivity contribution is 0.0950. The Morgan fingerprint density at radius 3 is 2.06 bits per heavy atom. The normalized spacial score (nSPS) is 12.1. The lowest BCUT2D eigenvalue weighted by Gasteiger charge is -2.22. The fourth-order valence-corrected chi connectivity index (χ4v) is 7.14. The maximum atomic E-state index is 13.5. The molecule has 0 aliphatic rings. The van der Waals surface area contributed by atoms with E-state index in [4.69, 9.17) is 4.42 Å². The highest BCUT2D eigenvalue weighted by Crippen LogP contribution is 2.35. The number of carbonyl (C=O) groups excluding carboxylic acids is 1. The molecule has 0 saturated heterocycles. The Hall–Kier alpha value is -4.44. The van der Waals surface area contributed by atoms with Crippen molar-refractivity contribution < 1.29 is 17.6 Å². The van der Waals surface area contributed by atoms with E-state index < -0.39 is 21.6 Å². The molecule has 48 heavy (non-hydrogen) atoms. The molecule has 10 heteroatoms. The quantitative estimate of drug-likeness (QED) is 0.0824. The van der Waals surface area contributed by atoms with Crippen LogP contribution in [0.15, 0.2) is 79.9 Å². The third-order valence-electron chi connectivity index (χ3n) is 8.51. The maximum Gasteiger partial charge on any atom is 0.349 e. The van der Waals surface area contributed by atoms with Crippen LogP contribution < -0.4 is 20.7 Å². The van der Waals surface area contributed by atoms with E-state index in [1.54, 1.807) is 6.07 Å². The van der Waals surface area contributed by atoms with Gasteiger partial charge in [0.25, 0.3) is 15.9 Å². The number of hydrogen-bond acceptors (Lipinski definition) is 7. The van der Waals surface area contributed by atoms with E-state index in [1.165, 1.54) is 6.21 Å². The van der Waals surface area contributed by atoms with E-state index in [0.717, 1.165) is 41.0 Å². The molecule has 1 heterocycles. The standard InChI is InChI=1S/C38H48N4O5S/c1-9-42(10-2)31-16-15-29-19-34(38(44)47-35(29)22-31)37(43)39-18-17-27-11-13-28(14-12-27)23-40-41-48(45,46)36-32(25(5)6)20-30(24(3)4)21-33(36)26(7)8/h11-16,19-26,41H,9-10,17-18H2,1-8H3,(H,39,43)/b40-23+. The first kappa shape index (κ1) is 36.4. The molecule has 1 amide bonds. The summed E-state index contributed by atoms with van der Waals surface area (Å²) in [6, 6.07) is 18.6. The van der Waals surface area contributed by atoms with E-state index in [0.29, 0.717) is 34.4 Å². The zero-order chi connectivity index (χ0) is 35.2. The van der Waals surface area contributed by atoms with Crippen molar-refractivity contribution in [2.45, 2.75) is 84.5 Å². The molecule has 0 bridgehead atoms. The number of hydrazone groups is 1. The van der Waals surface area contributed by atoms with Gasteiger partial charge in [0, 0.05) is 36.8 Å². The summed E-state index contributed by atoms with van der Waals surface area (Å²) in [5.41, 5.74) is 5.05. The number of fused-ring (bicyclic) bond motifs is 1. The van der Waals surface area contributed by atoms with Crippen LogP contribution in [0.1, 0.15) is 111 Å². The molecule has 0 unspecified atom stereocenters. The molecule has 0 fully saturated rings. The lowest BCUT2D eigenvalue weighted by atomic mass is 9.89. The number of rotatable bonds is 14. The molecule has 4 rings (SSSR count). The van der Waals surface area contributed by atoms with Crippen LogP contribution in [-0.2, 0) is 16.4 Å². The van der Waals surface area contributed by atoms with Crippen LogP contribution in [0.25, 0.3) is 11.0 Å². The zero-order valence-electron chi connectivity index (χ0n) is 29.3. The number of anilines is 1. The van der Waals surface area contributed by atoms with Crippen LogP contribution in [0.2, 0.25) is 0 Å². The van der Waals surface area contributed by atoms with Gasteiger partial charge in [0.15, 0.2) is 0 Å². The first-order chi connectivity index (χ1) is 22.7. The maximum absolute atomic E-state index is 13.5. The van der Waals surface area contributed by atoms with Crippen LogP contribution in [0.3, 0.4) is 0 Å². The van der Waals surface area contributed by atoms with Crippen molar-refractivity contribution >= 4 is 38.8 Å². The van der Waals surface area contributed by atoms with Crippen molar-refractivity contribution in [3.63, 3.8) is 0 Å². The van der Waals surface area contributed by atoms with Gasteiger partial charge < -0.3 is 14.6 Å². The van der Waals surface area contributed by atoms with Gasteiger partial charge >= 0.3 is 5.63 Å². The number of sulfonamides is 1. The third kappa shape index (κ3) is 8.52. The predicted molar refractivity (Wildman–Crippen MR) is 195 cm³/mol. The molecule has 0 atom stereocenters. The first-order valence-corrected chi connectivity index (χ1v) is 18.2. The Kier molecular flexibility index (Phi) is 11.9. The first-order valence-electron chi connectivity index (χ1n) is 16.7. The summed E-state index contributed by atoms with van der Waals surface area (Å²) in [6.45, 7) is 18.3. The molecular weight excluding hydrogens is 625 g/mol. The van der Waals surface area contributed by atoms with Crippen molar-refractivity contribution in [2.75, 3.05) is 24.5 Å². The molecule has 256 valence electrons. The fraction of sp³-hybridized carbons (Fsp3) is 0.395. The summed E-state index contributed by atoms with van der Waals surface area (Å²) in [5, 5.41) is 7.57. The number of benzene rings is 3. The zero-order valence-corrected chi connectivity index (χ0v) is 30.1. The summed E-state index contributed by atoms with van der Waals surface area (Å²) in [6.07, 6.45) is 2.00. The van der Waals surface area contributed by atoms with Crippen LogP contribution in [0.5, 0.6) is 0 Å². The highest BCUT2D eigenvalue weighted by molar-refractivity contribution is 7.89. The van der Waals surface area contributed by atoms with Gasteiger partial charge in [0.2, 0.25) is 0 Å². The highest BCUT2D eigenvalue weighted by Gasteiger charge is 2.26. The predicted octanol–water partition coefficient (Wildman–Crippen LogP) is 7.29. The third-order valence-corrected chi connectivity index (χ3v) is 9.86. The van der Waals surface area contributed by atoms with Gasteiger partial charge in [-0.1, -0.05) is 77.9 Å². The highest BCUT2D eigenvalue weighted by atomic mass is 32.2. The molecule has 0 aliphatic carbocycles. The van der Waals surface area contributed by atoms with E-state index in [1.807, 2.05) is 82.3 Å². The van der Waals surface area contributed by atoms with Gasteiger partial charge in [-0.2, -0.15) is 13.5 Å². The Morgan fingerprint density at radius 1 is 0.875 bits per heavy atom. The summed E-state index contributed by atoms with van der Waals surface area (Å²) in [4.78, 5) is 30.3. The second kappa shape index (κ2) is 15.6. The van der Waals surface area contributed by atoms with Crippen molar-refractivity contribution in [1.29, 1.82) is 0 Å². The fourth-order valence-electron chi connectivity index (χ4n) is 5.65. The molecule has 2 N–H and O–H groups in total. The summed E-state index contributed by atoms with van der Waals surface area (Å²) in [5.74, 6) is -0.176. The number of carbonyl (C=O) groups is 1. The molecule has 0 saturated carbocycles. The van der Waals surface area contributed by atoms with Gasteiger partial charge in [-0.3, -0.25) is 4.79 Å². The second-order valence-corrected chi connectivity index (χ2v) is 14.5. The molecule has 0 aliphatic heterocycles. The van der Waals surface area contributed by atoms with Gasteiger partial charge in [-0.05, 0) is 84.0 Å². The molecule has 0 radical (unpaired) electrons. The van der Waals surface area contributed by atoms with Crippen molar-refractivity contribution in [3.8, 4) is 0 Å². The monoisotopic (exact) mass is 672 g/mol. The average Bonchev–Trinajstić information content (AvgIpc) is 3.04. The minimum atomic E-state index is -3.92. The summed E-state index contributed by atoms with van der Waals surface area (Å²) < 4.78 is 32.6. The second-order valence-electron chi connectivity index (χ2n) is 12.9. The SMILES string of the molecule is CCN(CC)c1ccc2cc(C(=O)NCCc3ccc(/C=N/NS(=O)(=O)c4c(C(C)C)cc(C(C)C)cc4C(C)C)cc3)c(=O)oc2c1. The number of nitrogens with zero attached hydrogens (tertiary/aromatic N) is 2. The van der Waals surface area contributed by atoms with E-state index in [-0.39, 0.29) is 23.3 Å². The molecule has 3 aromatic carbocycles. The van der Waals surface area contributed by atoms with E-state index in [9.17, 15) is 18.0 Å². The molecule has 4 aromatic rings. The lowest BCUT2D eigenvalue weighted by Crippen LogP contribution is -2.30. The van der Waals surface area contributed by atoms with Gasteiger partial charge in [0.1, 0.15) is 11.1 Å². The minimum Gasteiger partial charge on any atom is -0.422 e. The summed E-state index contributed by atoms with van der Waals surface area (Å²) in [7, 11) is -3.92. The largest absolute Gasteiger partial charge is 0.422 e. The van der Waals surface area contributed by atoms with Crippen molar-refractivity contribution in [1.82, 2.24) is 10.1 Å². The van der Waals surface area contributed by atoms with Crippen LogP contribution >= 0.6 is 0 Å². The van der Waals surface area contributed by atoms with Crippen LogP contribution in [-0.4, -0.2) is 40.2 Å². The molecule has 0 spiro atoms. The Labute approximate surface area is 284 Å². The number of amides is 1. The van der Waals surface area contributed by atoms with Crippen molar-refractivity contribution in [3.05, 3.63) is 104 Å². The van der Waals surface area contributed by atoms with Crippen LogP contribution in [0.4, 0.5) is 5.69 Å². The van der Waals surface area contributed by atoms with E-state index in [2.05, 4.69) is 47.8 Å². The van der Waals surface area contributed by atoms with Gasteiger partial charge in [-0.15, -0.1) is 0 Å². The minimum absolute atomic E-state index is 0.0187. The smallest absolute Gasteiger partial charge is 0.349 e. The molecular formula is C38H48N4O5S. The molecule has 1 aromatic heterocycles.